The third kappa shape index (κ3) is 6.51. The lowest BCUT2D eigenvalue weighted by molar-refractivity contribution is 0.662. The number of hydrogen-bond acceptors (Lipinski definition) is 3. The molecule has 1 heterocycles. The minimum absolute atomic E-state index is 0.127. The van der Waals surface area contributed by atoms with E-state index in [1.54, 1.807) is 6.20 Å². The van der Waals surface area contributed by atoms with E-state index in [0.717, 1.165) is 49.9 Å². The van der Waals surface area contributed by atoms with E-state index in [9.17, 15) is 0 Å². The standard InChI is InChI=1S/C56H43N3/c1-56(2)51-31-28-38-15-6-7-19-45(38)54(51)50-23-11-22-46(55(50)56)40-26-24-39(25-27-40)44-29-30-49(48-21-9-8-20-47(44)48)52(57)34-53(59-35-37-13-4-3-5-14-37)42-17-10-16-41(33-42)43-18-12-32-58-36-43/h3-34,36H,35,57H2,1-2H3/b52-34-,59-53?. The van der Waals surface area contributed by atoms with Gasteiger partial charge in [0.25, 0.3) is 0 Å². The van der Waals surface area contributed by atoms with Gasteiger partial charge in [-0.1, -0.05) is 184 Å². The highest BCUT2D eigenvalue weighted by molar-refractivity contribution is 6.14. The molecule has 3 heteroatoms. The summed E-state index contributed by atoms with van der Waals surface area (Å²) in [7, 11) is 0. The van der Waals surface area contributed by atoms with Crippen LogP contribution in [-0.2, 0) is 12.0 Å². The summed E-state index contributed by atoms with van der Waals surface area (Å²) in [6.45, 7) is 5.28. The molecule has 59 heavy (non-hydrogen) atoms. The second-order valence-corrected chi connectivity index (χ2v) is 16.0. The molecule has 0 atom stereocenters. The third-order valence-electron chi connectivity index (χ3n) is 12.0. The molecule has 0 amide bonds. The summed E-state index contributed by atoms with van der Waals surface area (Å²) in [5, 5.41) is 4.85. The maximum atomic E-state index is 7.09. The predicted molar refractivity (Wildman–Crippen MR) is 248 cm³/mol. The summed E-state index contributed by atoms with van der Waals surface area (Å²) in [4.78, 5) is 9.49. The quantitative estimate of drug-likeness (QED) is 0.157. The fraction of sp³-hybridized carbons (Fsp3) is 0.0714. The highest BCUT2D eigenvalue weighted by atomic mass is 14.7. The number of hydrogen-bond donors (Lipinski definition) is 1. The highest BCUT2D eigenvalue weighted by Crippen LogP contribution is 2.54. The van der Waals surface area contributed by atoms with Crippen LogP contribution in [-0.4, -0.2) is 10.7 Å². The van der Waals surface area contributed by atoms with Crippen molar-refractivity contribution in [3.8, 4) is 44.5 Å². The molecule has 9 aromatic rings. The Kier molecular flexibility index (Phi) is 9.07. The van der Waals surface area contributed by atoms with Crippen LogP contribution in [0.25, 0.3) is 71.7 Å². The first-order valence-corrected chi connectivity index (χ1v) is 20.3. The number of allylic oxidation sites excluding steroid dienone is 1. The topological polar surface area (TPSA) is 51.3 Å². The van der Waals surface area contributed by atoms with Crippen LogP contribution in [0, 0.1) is 0 Å². The van der Waals surface area contributed by atoms with Gasteiger partial charge in [0.05, 0.1) is 12.3 Å². The van der Waals surface area contributed by atoms with E-state index in [4.69, 9.17) is 10.7 Å². The Hall–Kier alpha value is -7.36. The lowest BCUT2D eigenvalue weighted by atomic mass is 9.78. The first kappa shape index (κ1) is 36.0. The highest BCUT2D eigenvalue weighted by Gasteiger charge is 2.38. The summed E-state index contributed by atoms with van der Waals surface area (Å²) in [5.41, 5.74) is 24.0. The SMILES string of the molecule is CC1(C)c2ccc3ccccc3c2-c2cccc(-c3ccc(-c4ccc(/C(N)=C/C(=NCc5ccccc5)c5cccc(-c6cccnc6)c5)c5ccccc45)cc3)c21. The van der Waals surface area contributed by atoms with Crippen molar-refractivity contribution in [2.45, 2.75) is 25.8 Å². The normalized spacial score (nSPS) is 13.4. The zero-order valence-corrected chi connectivity index (χ0v) is 33.2. The summed E-state index contributed by atoms with van der Waals surface area (Å²) >= 11 is 0. The molecule has 2 N–H and O–H groups in total. The van der Waals surface area contributed by atoms with Crippen LogP contribution >= 0.6 is 0 Å². The second-order valence-electron chi connectivity index (χ2n) is 16.0. The molecule has 282 valence electrons. The van der Waals surface area contributed by atoms with Crippen LogP contribution in [0.4, 0.5) is 0 Å². The fourth-order valence-corrected chi connectivity index (χ4v) is 9.12. The van der Waals surface area contributed by atoms with Crippen LogP contribution in [0.2, 0.25) is 0 Å². The average Bonchev–Trinajstić information content (AvgIpc) is 3.54. The first-order chi connectivity index (χ1) is 28.9. The van der Waals surface area contributed by atoms with Gasteiger partial charge in [-0.2, -0.15) is 0 Å². The summed E-state index contributed by atoms with van der Waals surface area (Å²) in [6.07, 6.45) is 5.72. The zero-order valence-electron chi connectivity index (χ0n) is 33.2. The van der Waals surface area contributed by atoms with Gasteiger partial charge >= 0.3 is 0 Å². The Morgan fingerprint density at radius 3 is 2.07 bits per heavy atom. The van der Waals surface area contributed by atoms with Crippen molar-refractivity contribution in [2.24, 2.45) is 10.7 Å². The number of nitrogens with zero attached hydrogens (tertiary/aromatic N) is 2. The smallest absolute Gasteiger partial charge is 0.0671 e. The Bertz CT molecular complexity index is 3080. The fourth-order valence-electron chi connectivity index (χ4n) is 9.12. The van der Waals surface area contributed by atoms with Crippen LogP contribution < -0.4 is 5.73 Å². The van der Waals surface area contributed by atoms with Gasteiger partial charge in [-0.15, -0.1) is 0 Å². The minimum Gasteiger partial charge on any atom is -0.398 e. The zero-order chi connectivity index (χ0) is 39.9. The molecule has 10 rings (SSSR count). The summed E-state index contributed by atoms with van der Waals surface area (Å²) in [5.74, 6) is 0. The van der Waals surface area contributed by atoms with Crippen LogP contribution in [0.5, 0.6) is 0 Å². The Balaban J connectivity index is 1.01. The molecule has 0 fully saturated rings. The van der Waals surface area contributed by atoms with Gasteiger partial charge in [-0.25, -0.2) is 0 Å². The molecule has 0 radical (unpaired) electrons. The van der Waals surface area contributed by atoms with E-state index in [0.29, 0.717) is 12.2 Å². The van der Waals surface area contributed by atoms with Gasteiger partial charge in [0, 0.05) is 40.2 Å². The Morgan fingerprint density at radius 1 is 0.576 bits per heavy atom. The minimum atomic E-state index is -0.127. The number of rotatable bonds is 8. The van der Waals surface area contributed by atoms with Crippen molar-refractivity contribution in [2.75, 3.05) is 0 Å². The van der Waals surface area contributed by atoms with E-state index in [2.05, 4.69) is 177 Å². The average molecular weight is 758 g/mol. The van der Waals surface area contributed by atoms with Crippen LogP contribution in [0.15, 0.2) is 205 Å². The van der Waals surface area contributed by atoms with E-state index in [-0.39, 0.29) is 5.41 Å². The summed E-state index contributed by atoms with van der Waals surface area (Å²) in [6, 6.07) is 65.0. The number of pyridine rings is 1. The van der Waals surface area contributed by atoms with Gasteiger partial charge < -0.3 is 5.73 Å². The van der Waals surface area contributed by atoms with Crippen LogP contribution in [0.1, 0.15) is 41.7 Å². The van der Waals surface area contributed by atoms with Crippen molar-refractivity contribution in [1.82, 2.24) is 4.98 Å². The molecule has 3 nitrogen and oxygen atoms in total. The third-order valence-corrected chi connectivity index (χ3v) is 12.0. The van der Waals surface area contributed by atoms with Gasteiger partial charge in [-0.05, 0) is 95.4 Å². The maximum Gasteiger partial charge on any atom is 0.0671 e. The molecule has 0 bridgehead atoms. The van der Waals surface area contributed by atoms with E-state index >= 15 is 0 Å². The van der Waals surface area contributed by atoms with Crippen molar-refractivity contribution in [1.29, 1.82) is 0 Å². The summed E-state index contributed by atoms with van der Waals surface area (Å²) < 4.78 is 0. The Morgan fingerprint density at radius 2 is 1.27 bits per heavy atom. The molecule has 1 aliphatic carbocycles. The number of aromatic nitrogens is 1. The molecule has 0 saturated heterocycles. The van der Waals surface area contributed by atoms with Gasteiger partial charge in [-0.3, -0.25) is 9.98 Å². The van der Waals surface area contributed by atoms with E-state index in [1.165, 1.54) is 49.7 Å². The largest absolute Gasteiger partial charge is 0.398 e. The lowest BCUT2D eigenvalue weighted by Crippen LogP contribution is -2.16. The van der Waals surface area contributed by atoms with Crippen molar-refractivity contribution in [3.63, 3.8) is 0 Å². The van der Waals surface area contributed by atoms with Crippen molar-refractivity contribution in [3.05, 3.63) is 228 Å². The molecule has 0 unspecified atom stereocenters. The molecule has 0 saturated carbocycles. The van der Waals surface area contributed by atoms with Crippen LogP contribution in [0.3, 0.4) is 0 Å². The molecule has 1 aliphatic rings. The molecule has 0 aliphatic heterocycles. The Labute approximate surface area is 345 Å². The molecular formula is C56H43N3. The maximum absolute atomic E-state index is 7.09. The number of aliphatic imine (C=N–C) groups is 1. The van der Waals surface area contributed by atoms with Gasteiger partial charge in [0.2, 0.25) is 0 Å². The number of fused-ring (bicyclic) bond motifs is 6. The lowest BCUT2D eigenvalue weighted by Gasteiger charge is -2.24. The number of benzene rings is 8. The van der Waals surface area contributed by atoms with Gasteiger partial charge in [0.15, 0.2) is 0 Å². The second kappa shape index (κ2) is 14.9. The number of nitrogens with two attached hydrogens (primary N) is 1. The van der Waals surface area contributed by atoms with Gasteiger partial charge in [0.1, 0.15) is 0 Å². The molecule has 0 spiro atoms. The van der Waals surface area contributed by atoms with Crippen molar-refractivity contribution >= 4 is 33.0 Å². The molecular weight excluding hydrogens is 715 g/mol. The van der Waals surface area contributed by atoms with E-state index < -0.39 is 0 Å². The first-order valence-electron chi connectivity index (χ1n) is 20.3. The van der Waals surface area contributed by atoms with E-state index in [1.807, 2.05) is 36.5 Å². The van der Waals surface area contributed by atoms with Crippen molar-refractivity contribution < 1.29 is 0 Å². The molecule has 1 aromatic heterocycles. The predicted octanol–water partition coefficient (Wildman–Crippen LogP) is 13.7. The monoisotopic (exact) mass is 757 g/mol. The molecule has 8 aromatic carbocycles.